The maximum Gasteiger partial charge on any atom is 0.362 e. The Bertz CT molecular complexity index is 237. The summed E-state index contributed by atoms with van der Waals surface area (Å²) in [5.41, 5.74) is 4.67. The molecule has 0 atom stereocenters. The first-order valence-electron chi connectivity index (χ1n) is 3.72. The molecule has 0 radical (unpaired) electrons. The Kier molecular flexibility index (Phi) is 5.09. The molecule has 6 heteroatoms. The molecule has 0 bridgehead atoms. The molecular weight excluding hydrogens is 172 g/mol. The SMILES string of the molecule is C=CCN(CC)C(=O)N=NC(N)=O. The van der Waals surface area contributed by atoms with Crippen LogP contribution < -0.4 is 5.73 Å². The molecule has 0 aromatic heterocycles. The molecule has 0 saturated carbocycles. The Labute approximate surface area is 76.1 Å². The van der Waals surface area contributed by atoms with Gasteiger partial charge in [-0.2, -0.15) is 0 Å². The molecule has 0 aliphatic heterocycles. The number of nitrogens with zero attached hydrogens (tertiary/aromatic N) is 3. The van der Waals surface area contributed by atoms with Gasteiger partial charge in [-0.3, -0.25) is 0 Å². The van der Waals surface area contributed by atoms with Gasteiger partial charge in [0, 0.05) is 13.1 Å². The number of hydrogen-bond donors (Lipinski definition) is 1. The lowest BCUT2D eigenvalue weighted by molar-refractivity contribution is 0.213. The Morgan fingerprint density at radius 3 is 2.54 bits per heavy atom. The van der Waals surface area contributed by atoms with Gasteiger partial charge < -0.3 is 10.6 Å². The standard InChI is InChI=1S/C7H12N4O2/c1-3-5-11(4-2)7(13)10-9-6(8)12/h3H,1,4-5H2,2H3,(H2,8,12). The number of azo groups is 1. The van der Waals surface area contributed by atoms with E-state index < -0.39 is 12.1 Å². The van der Waals surface area contributed by atoms with E-state index in [1.165, 1.54) is 4.90 Å². The third-order valence-electron chi connectivity index (χ3n) is 1.24. The number of amides is 4. The molecule has 0 fully saturated rings. The molecule has 6 nitrogen and oxygen atoms in total. The third kappa shape index (κ3) is 4.67. The average Bonchev–Trinajstić information content (AvgIpc) is 2.10. The predicted molar refractivity (Wildman–Crippen MR) is 47.3 cm³/mol. The van der Waals surface area contributed by atoms with Crippen LogP contribution in [0, 0.1) is 0 Å². The summed E-state index contributed by atoms with van der Waals surface area (Å²) >= 11 is 0. The molecule has 4 amide bonds. The Balaban J connectivity index is 4.20. The monoisotopic (exact) mass is 184 g/mol. The fraction of sp³-hybridized carbons (Fsp3) is 0.429. The van der Waals surface area contributed by atoms with Crippen LogP contribution in [0.4, 0.5) is 9.59 Å². The Morgan fingerprint density at radius 1 is 1.54 bits per heavy atom. The normalized spacial score (nSPS) is 9.92. The molecule has 0 heterocycles. The molecule has 2 N–H and O–H groups in total. The first-order chi connectivity index (χ1) is 6.11. The van der Waals surface area contributed by atoms with Crippen molar-refractivity contribution in [3.63, 3.8) is 0 Å². The van der Waals surface area contributed by atoms with Crippen molar-refractivity contribution in [3.8, 4) is 0 Å². The zero-order valence-electron chi connectivity index (χ0n) is 7.43. The highest BCUT2D eigenvalue weighted by atomic mass is 16.2. The van der Waals surface area contributed by atoms with Crippen LogP contribution in [0.2, 0.25) is 0 Å². The molecule has 0 spiro atoms. The van der Waals surface area contributed by atoms with E-state index in [1.54, 1.807) is 13.0 Å². The molecule has 0 aliphatic carbocycles. The fourth-order valence-corrected chi connectivity index (χ4v) is 0.654. The smallest absolute Gasteiger partial charge is 0.348 e. The van der Waals surface area contributed by atoms with Crippen LogP contribution in [0.5, 0.6) is 0 Å². The Hall–Kier alpha value is -1.72. The van der Waals surface area contributed by atoms with Gasteiger partial charge in [0.1, 0.15) is 0 Å². The minimum atomic E-state index is -0.983. The second-order valence-corrected chi connectivity index (χ2v) is 2.15. The number of carbonyl (C=O) groups is 2. The maximum atomic E-state index is 11.1. The highest BCUT2D eigenvalue weighted by molar-refractivity contribution is 5.78. The summed E-state index contributed by atoms with van der Waals surface area (Å²) in [6, 6.07) is -1.58. The number of hydrogen-bond acceptors (Lipinski definition) is 2. The summed E-state index contributed by atoms with van der Waals surface area (Å²) in [4.78, 5) is 22.6. The van der Waals surface area contributed by atoms with Crippen molar-refractivity contribution in [3.05, 3.63) is 12.7 Å². The van der Waals surface area contributed by atoms with Crippen LogP contribution in [0.25, 0.3) is 0 Å². The van der Waals surface area contributed by atoms with Crippen molar-refractivity contribution in [1.29, 1.82) is 0 Å². The molecule has 0 saturated heterocycles. The lowest BCUT2D eigenvalue weighted by Crippen LogP contribution is -2.28. The van der Waals surface area contributed by atoms with Gasteiger partial charge in [0.2, 0.25) is 0 Å². The van der Waals surface area contributed by atoms with E-state index in [4.69, 9.17) is 0 Å². The molecule has 0 aromatic rings. The molecule has 13 heavy (non-hydrogen) atoms. The lowest BCUT2D eigenvalue weighted by atomic mass is 10.5. The quantitative estimate of drug-likeness (QED) is 0.526. The number of urea groups is 2. The van der Waals surface area contributed by atoms with Gasteiger partial charge in [-0.05, 0) is 6.92 Å². The molecule has 0 rings (SSSR count). The topological polar surface area (TPSA) is 88.1 Å². The second-order valence-electron chi connectivity index (χ2n) is 2.15. The number of rotatable bonds is 3. The summed E-state index contributed by atoms with van der Waals surface area (Å²) in [6.45, 7) is 6.09. The van der Waals surface area contributed by atoms with Gasteiger partial charge in [-0.25, -0.2) is 9.59 Å². The van der Waals surface area contributed by atoms with Crippen molar-refractivity contribution in [1.82, 2.24) is 4.90 Å². The van der Waals surface area contributed by atoms with Crippen LogP contribution in [0.15, 0.2) is 22.9 Å². The summed E-state index contributed by atoms with van der Waals surface area (Å²) < 4.78 is 0. The van der Waals surface area contributed by atoms with Crippen molar-refractivity contribution >= 4 is 12.1 Å². The van der Waals surface area contributed by atoms with E-state index in [-0.39, 0.29) is 0 Å². The summed E-state index contributed by atoms with van der Waals surface area (Å²) in [6.07, 6.45) is 1.56. The van der Waals surface area contributed by atoms with Crippen molar-refractivity contribution < 1.29 is 9.59 Å². The van der Waals surface area contributed by atoms with E-state index in [2.05, 4.69) is 22.5 Å². The van der Waals surface area contributed by atoms with Gasteiger partial charge in [0.05, 0.1) is 0 Å². The van der Waals surface area contributed by atoms with Gasteiger partial charge in [0.15, 0.2) is 0 Å². The van der Waals surface area contributed by atoms with Crippen molar-refractivity contribution in [2.24, 2.45) is 16.0 Å². The molecule has 72 valence electrons. The van der Waals surface area contributed by atoms with E-state index in [0.29, 0.717) is 13.1 Å². The number of likely N-dealkylation sites (N-methyl/N-ethyl adjacent to an activating group) is 1. The maximum absolute atomic E-state index is 11.1. The predicted octanol–water partition coefficient (Wildman–Crippen LogP) is 1.15. The van der Waals surface area contributed by atoms with Crippen LogP contribution in [0.3, 0.4) is 0 Å². The number of carbonyl (C=O) groups excluding carboxylic acids is 2. The lowest BCUT2D eigenvalue weighted by Gasteiger charge is -2.14. The van der Waals surface area contributed by atoms with Crippen LogP contribution in [0.1, 0.15) is 6.92 Å². The third-order valence-corrected chi connectivity index (χ3v) is 1.24. The Morgan fingerprint density at radius 2 is 2.15 bits per heavy atom. The number of nitrogens with two attached hydrogens (primary N) is 1. The van der Waals surface area contributed by atoms with Gasteiger partial charge >= 0.3 is 12.1 Å². The molecule has 0 aromatic carbocycles. The van der Waals surface area contributed by atoms with Crippen LogP contribution >= 0.6 is 0 Å². The zero-order chi connectivity index (χ0) is 10.3. The summed E-state index contributed by atoms with van der Waals surface area (Å²) in [7, 11) is 0. The van der Waals surface area contributed by atoms with E-state index in [0.717, 1.165) is 0 Å². The molecular formula is C7H12N4O2. The first kappa shape index (κ1) is 11.3. The fourth-order valence-electron chi connectivity index (χ4n) is 0.654. The zero-order valence-corrected chi connectivity index (χ0v) is 7.43. The number of primary amides is 1. The highest BCUT2D eigenvalue weighted by Crippen LogP contribution is 1.93. The first-order valence-corrected chi connectivity index (χ1v) is 3.72. The van der Waals surface area contributed by atoms with Crippen molar-refractivity contribution in [2.75, 3.05) is 13.1 Å². The van der Waals surface area contributed by atoms with Gasteiger partial charge in [0.25, 0.3) is 0 Å². The van der Waals surface area contributed by atoms with Gasteiger partial charge in [-0.1, -0.05) is 16.3 Å². The van der Waals surface area contributed by atoms with Crippen LogP contribution in [-0.4, -0.2) is 30.1 Å². The largest absolute Gasteiger partial charge is 0.362 e. The summed E-state index contributed by atoms with van der Waals surface area (Å²) in [5.74, 6) is 0. The summed E-state index contributed by atoms with van der Waals surface area (Å²) in [5, 5.41) is 6.02. The van der Waals surface area contributed by atoms with E-state index in [9.17, 15) is 9.59 Å². The minimum Gasteiger partial charge on any atom is -0.348 e. The minimum absolute atomic E-state index is 0.368. The molecule has 0 unspecified atom stereocenters. The highest BCUT2D eigenvalue weighted by Gasteiger charge is 2.07. The van der Waals surface area contributed by atoms with Crippen LogP contribution in [-0.2, 0) is 0 Å². The second kappa shape index (κ2) is 5.87. The average molecular weight is 184 g/mol. The van der Waals surface area contributed by atoms with Gasteiger partial charge in [-0.15, -0.1) is 6.58 Å². The molecule has 0 aliphatic rings. The van der Waals surface area contributed by atoms with E-state index in [1.807, 2.05) is 0 Å². The van der Waals surface area contributed by atoms with E-state index >= 15 is 0 Å². The van der Waals surface area contributed by atoms with Crippen molar-refractivity contribution in [2.45, 2.75) is 6.92 Å².